The molecule has 1 unspecified atom stereocenters. The van der Waals surface area contributed by atoms with E-state index in [2.05, 4.69) is 0 Å². The molecule has 1 aliphatic rings. The zero-order chi connectivity index (χ0) is 12.8. The highest BCUT2D eigenvalue weighted by molar-refractivity contribution is 7.85. The van der Waals surface area contributed by atoms with Crippen LogP contribution in [-0.4, -0.2) is 36.6 Å². The first-order chi connectivity index (χ1) is 8.79. The normalized spacial score (nSPS) is 18.5. The highest BCUT2D eigenvalue weighted by Crippen LogP contribution is 2.16. The molecule has 4 nitrogen and oxygen atoms in total. The Morgan fingerprint density at radius 1 is 1.28 bits per heavy atom. The second-order valence-electron chi connectivity index (χ2n) is 4.04. The van der Waals surface area contributed by atoms with Gasteiger partial charge in [-0.25, -0.2) is 0 Å². The standard InChI is InChI=1S/C13H18O4S/c1-15-11-3-5-12(6-4-11)18(14)10-7-13-16-8-2-9-17-13/h3-6,13H,2,7-10H2,1H3. The fourth-order valence-corrected chi connectivity index (χ4v) is 2.83. The minimum absolute atomic E-state index is 0.194. The lowest BCUT2D eigenvalue weighted by Gasteiger charge is -2.22. The number of benzene rings is 1. The summed E-state index contributed by atoms with van der Waals surface area (Å²) in [6.45, 7) is 1.47. The Morgan fingerprint density at radius 3 is 2.56 bits per heavy atom. The van der Waals surface area contributed by atoms with Gasteiger partial charge in [0, 0.05) is 17.1 Å². The molecule has 0 bridgehead atoms. The lowest BCUT2D eigenvalue weighted by atomic mass is 10.3. The monoisotopic (exact) mass is 270 g/mol. The zero-order valence-corrected chi connectivity index (χ0v) is 11.3. The van der Waals surface area contributed by atoms with Gasteiger partial charge in [-0.3, -0.25) is 4.21 Å². The van der Waals surface area contributed by atoms with Crippen LogP contribution in [0, 0.1) is 0 Å². The third-order valence-electron chi connectivity index (χ3n) is 2.76. The molecule has 2 rings (SSSR count). The molecule has 0 amide bonds. The summed E-state index contributed by atoms with van der Waals surface area (Å²) >= 11 is 0. The molecule has 0 aliphatic carbocycles. The van der Waals surface area contributed by atoms with E-state index in [1.54, 1.807) is 7.11 Å². The van der Waals surface area contributed by atoms with Crippen molar-refractivity contribution in [2.24, 2.45) is 0 Å². The number of hydrogen-bond donors (Lipinski definition) is 0. The van der Waals surface area contributed by atoms with E-state index >= 15 is 0 Å². The summed E-state index contributed by atoms with van der Waals surface area (Å²) in [6.07, 6.45) is 1.41. The molecule has 1 aromatic carbocycles. The van der Waals surface area contributed by atoms with Gasteiger partial charge in [0.15, 0.2) is 6.29 Å². The van der Waals surface area contributed by atoms with Gasteiger partial charge < -0.3 is 14.2 Å². The topological polar surface area (TPSA) is 44.8 Å². The fourth-order valence-electron chi connectivity index (χ4n) is 1.75. The molecule has 0 aromatic heterocycles. The zero-order valence-electron chi connectivity index (χ0n) is 10.5. The van der Waals surface area contributed by atoms with E-state index < -0.39 is 10.8 Å². The predicted molar refractivity (Wildman–Crippen MR) is 69.2 cm³/mol. The van der Waals surface area contributed by atoms with Crippen molar-refractivity contribution in [3.05, 3.63) is 24.3 Å². The van der Waals surface area contributed by atoms with Crippen LogP contribution in [0.4, 0.5) is 0 Å². The highest BCUT2D eigenvalue weighted by atomic mass is 32.2. The molecule has 1 heterocycles. The van der Waals surface area contributed by atoms with Gasteiger partial charge in [-0.2, -0.15) is 0 Å². The molecule has 1 atom stereocenters. The molecule has 1 aliphatic heterocycles. The summed E-state index contributed by atoms with van der Waals surface area (Å²) < 4.78 is 28.0. The van der Waals surface area contributed by atoms with E-state index in [4.69, 9.17) is 14.2 Å². The van der Waals surface area contributed by atoms with Crippen molar-refractivity contribution < 1.29 is 18.4 Å². The summed E-state index contributed by atoms with van der Waals surface area (Å²) in [5.74, 6) is 1.33. The molecule has 100 valence electrons. The Balaban J connectivity index is 1.82. The fraction of sp³-hybridized carbons (Fsp3) is 0.538. The van der Waals surface area contributed by atoms with Crippen LogP contribution in [0.1, 0.15) is 12.8 Å². The number of hydrogen-bond acceptors (Lipinski definition) is 4. The minimum atomic E-state index is -1.01. The molecule has 0 spiro atoms. The molecule has 0 saturated carbocycles. The second-order valence-corrected chi connectivity index (χ2v) is 5.61. The SMILES string of the molecule is COc1ccc(S(=O)CCC2OCCCO2)cc1. The first kappa shape index (κ1) is 13.5. The van der Waals surface area contributed by atoms with Gasteiger partial charge in [-0.1, -0.05) is 0 Å². The molecule has 0 radical (unpaired) electrons. The Morgan fingerprint density at radius 2 is 1.94 bits per heavy atom. The van der Waals surface area contributed by atoms with E-state index in [0.717, 1.165) is 30.3 Å². The molecular weight excluding hydrogens is 252 g/mol. The van der Waals surface area contributed by atoms with Gasteiger partial charge in [0.05, 0.1) is 31.1 Å². The lowest BCUT2D eigenvalue weighted by molar-refractivity contribution is -0.178. The van der Waals surface area contributed by atoms with Crippen molar-refractivity contribution in [1.82, 2.24) is 0 Å². The third kappa shape index (κ3) is 3.80. The van der Waals surface area contributed by atoms with Crippen LogP contribution in [0.25, 0.3) is 0 Å². The number of rotatable bonds is 5. The van der Waals surface area contributed by atoms with Gasteiger partial charge >= 0.3 is 0 Å². The Labute approximate surface area is 110 Å². The Bertz CT molecular complexity index is 384. The van der Waals surface area contributed by atoms with E-state index in [-0.39, 0.29) is 6.29 Å². The van der Waals surface area contributed by atoms with E-state index in [1.165, 1.54) is 0 Å². The quantitative estimate of drug-likeness (QED) is 0.820. The van der Waals surface area contributed by atoms with E-state index in [9.17, 15) is 4.21 Å². The van der Waals surface area contributed by atoms with Crippen LogP contribution in [0.5, 0.6) is 5.75 Å². The van der Waals surface area contributed by atoms with Gasteiger partial charge in [-0.05, 0) is 30.7 Å². The van der Waals surface area contributed by atoms with Crippen molar-refractivity contribution >= 4 is 10.8 Å². The number of methoxy groups -OCH3 is 1. The molecule has 1 aromatic rings. The first-order valence-corrected chi connectivity index (χ1v) is 7.37. The summed E-state index contributed by atoms with van der Waals surface area (Å²) in [7, 11) is 0.604. The van der Waals surface area contributed by atoms with Crippen molar-refractivity contribution in [3.63, 3.8) is 0 Å². The van der Waals surface area contributed by atoms with Crippen molar-refractivity contribution in [1.29, 1.82) is 0 Å². The van der Waals surface area contributed by atoms with Gasteiger partial charge in [0.2, 0.25) is 0 Å². The third-order valence-corrected chi connectivity index (χ3v) is 4.16. The minimum Gasteiger partial charge on any atom is -0.497 e. The lowest BCUT2D eigenvalue weighted by Crippen LogP contribution is -2.26. The summed E-state index contributed by atoms with van der Waals surface area (Å²) in [4.78, 5) is 0.812. The van der Waals surface area contributed by atoms with Crippen LogP contribution >= 0.6 is 0 Å². The average Bonchev–Trinajstić information content (AvgIpc) is 2.46. The molecular formula is C13H18O4S. The largest absolute Gasteiger partial charge is 0.497 e. The van der Waals surface area contributed by atoms with Crippen LogP contribution in [0.3, 0.4) is 0 Å². The highest BCUT2D eigenvalue weighted by Gasteiger charge is 2.15. The van der Waals surface area contributed by atoms with Crippen LogP contribution in [-0.2, 0) is 20.3 Å². The maximum absolute atomic E-state index is 12.0. The molecule has 18 heavy (non-hydrogen) atoms. The van der Waals surface area contributed by atoms with Crippen molar-refractivity contribution in [3.8, 4) is 5.75 Å². The second kappa shape index (κ2) is 6.87. The van der Waals surface area contributed by atoms with Crippen LogP contribution < -0.4 is 4.74 Å². The summed E-state index contributed by atoms with van der Waals surface area (Å²) in [5.41, 5.74) is 0. The summed E-state index contributed by atoms with van der Waals surface area (Å²) in [6, 6.07) is 7.30. The van der Waals surface area contributed by atoms with Crippen LogP contribution in [0.2, 0.25) is 0 Å². The molecule has 0 N–H and O–H groups in total. The molecule has 5 heteroatoms. The van der Waals surface area contributed by atoms with Gasteiger partial charge in [0.1, 0.15) is 5.75 Å². The maximum atomic E-state index is 12.0. The van der Waals surface area contributed by atoms with E-state index in [1.807, 2.05) is 24.3 Å². The van der Waals surface area contributed by atoms with Crippen LogP contribution in [0.15, 0.2) is 29.2 Å². The molecule has 1 saturated heterocycles. The van der Waals surface area contributed by atoms with E-state index in [0.29, 0.717) is 12.2 Å². The van der Waals surface area contributed by atoms with Crippen molar-refractivity contribution in [2.75, 3.05) is 26.1 Å². The first-order valence-electron chi connectivity index (χ1n) is 6.05. The maximum Gasteiger partial charge on any atom is 0.158 e. The van der Waals surface area contributed by atoms with Gasteiger partial charge in [0.25, 0.3) is 0 Å². The van der Waals surface area contributed by atoms with Gasteiger partial charge in [-0.15, -0.1) is 0 Å². The Kier molecular flexibility index (Phi) is 5.16. The average molecular weight is 270 g/mol. The molecule has 1 fully saturated rings. The van der Waals surface area contributed by atoms with Crippen molar-refractivity contribution in [2.45, 2.75) is 24.0 Å². The number of ether oxygens (including phenoxy) is 3. The smallest absolute Gasteiger partial charge is 0.158 e. The predicted octanol–water partition coefficient (Wildman–Crippen LogP) is 1.96. The summed E-state index contributed by atoms with van der Waals surface area (Å²) in [5, 5.41) is 0. The Hall–Kier alpha value is -0.910.